The summed E-state index contributed by atoms with van der Waals surface area (Å²) in [4.78, 5) is 13.9. The minimum atomic E-state index is -0.364. The van der Waals surface area contributed by atoms with Crippen molar-refractivity contribution >= 4 is 28.7 Å². The Hall–Kier alpha value is -2.82. The van der Waals surface area contributed by atoms with Crippen LogP contribution in [0.3, 0.4) is 0 Å². The van der Waals surface area contributed by atoms with E-state index in [9.17, 15) is 14.6 Å². The first-order valence-corrected chi connectivity index (χ1v) is 11.2. The number of hydrogen-bond donors (Lipinski definition) is 5. The molecule has 5 N–H and O–H groups in total. The lowest BCUT2D eigenvalue weighted by Gasteiger charge is -2.26. The summed E-state index contributed by atoms with van der Waals surface area (Å²) in [6, 6.07) is 6.68. The molecule has 5 rings (SSSR count). The number of nitrogens with one attached hydrogen (secondary N) is 3. The van der Waals surface area contributed by atoms with Gasteiger partial charge < -0.3 is 26.2 Å². The summed E-state index contributed by atoms with van der Waals surface area (Å²) in [5.41, 5.74) is 1.60. The Kier molecular flexibility index (Phi) is 5.90. The van der Waals surface area contributed by atoms with Crippen molar-refractivity contribution in [2.45, 2.75) is 56.3 Å². The zero-order valence-corrected chi connectivity index (χ0v) is 17.7. The molecule has 1 aliphatic carbocycles. The molecule has 2 aromatic heterocycles. The quantitative estimate of drug-likeness (QED) is 0.395. The van der Waals surface area contributed by atoms with E-state index >= 15 is 0 Å². The molecule has 1 aliphatic heterocycles. The van der Waals surface area contributed by atoms with Crippen LogP contribution in [0.2, 0.25) is 0 Å². The maximum absolute atomic E-state index is 14.3. The SMILES string of the molecule is OC[C@@H]1C[C@@H](n2c(Nc3ccccc3F)nc3cnc(NC4CCC(O)CC4)nc32)CN1. The van der Waals surface area contributed by atoms with Crippen molar-refractivity contribution in [1.82, 2.24) is 24.8 Å². The molecule has 2 atom stereocenters. The minimum Gasteiger partial charge on any atom is -0.395 e. The number of para-hydroxylation sites is 1. The molecule has 0 spiro atoms. The van der Waals surface area contributed by atoms with Crippen molar-refractivity contribution in [2.75, 3.05) is 23.8 Å². The standard InChI is InChI=1S/C22H28FN7O2/c23-17-3-1-2-4-18(17)27-22-28-19-11-25-21(26-13-5-7-16(32)8-6-13)29-20(19)30(22)15-9-14(12-31)24-10-15/h1-4,11,13-16,24,31-32H,5-10,12H2,(H,27,28)(H,25,26,29)/t13?,14-,15+,16?/m0/s1. The van der Waals surface area contributed by atoms with Gasteiger partial charge in [-0.3, -0.25) is 4.57 Å². The summed E-state index contributed by atoms with van der Waals surface area (Å²) in [6.45, 7) is 0.699. The van der Waals surface area contributed by atoms with Gasteiger partial charge >= 0.3 is 0 Å². The molecule has 3 heterocycles. The molecule has 2 fully saturated rings. The number of anilines is 3. The first-order chi connectivity index (χ1) is 15.6. The van der Waals surface area contributed by atoms with Gasteiger partial charge in [0.1, 0.15) is 11.3 Å². The second-order valence-corrected chi connectivity index (χ2v) is 8.64. The second kappa shape index (κ2) is 8.97. The lowest BCUT2D eigenvalue weighted by molar-refractivity contribution is 0.126. The van der Waals surface area contributed by atoms with Crippen LogP contribution in [0.25, 0.3) is 11.2 Å². The smallest absolute Gasteiger partial charge is 0.224 e. The number of aliphatic hydroxyl groups excluding tert-OH is 2. The van der Waals surface area contributed by atoms with Gasteiger partial charge in [-0.2, -0.15) is 4.98 Å². The topological polar surface area (TPSA) is 120 Å². The molecule has 0 amide bonds. The largest absolute Gasteiger partial charge is 0.395 e. The third-order valence-corrected chi connectivity index (χ3v) is 6.37. The van der Waals surface area contributed by atoms with E-state index in [0.717, 1.165) is 25.7 Å². The van der Waals surface area contributed by atoms with Crippen molar-refractivity contribution in [3.05, 3.63) is 36.3 Å². The number of hydrogen-bond acceptors (Lipinski definition) is 8. The van der Waals surface area contributed by atoms with E-state index in [1.807, 2.05) is 4.57 Å². The van der Waals surface area contributed by atoms with Crippen molar-refractivity contribution in [1.29, 1.82) is 0 Å². The van der Waals surface area contributed by atoms with Gasteiger partial charge in [-0.05, 0) is 44.2 Å². The van der Waals surface area contributed by atoms with Crippen LogP contribution >= 0.6 is 0 Å². The molecule has 1 saturated carbocycles. The molecule has 1 saturated heterocycles. The maximum Gasteiger partial charge on any atom is 0.224 e. The van der Waals surface area contributed by atoms with Crippen LogP contribution in [0.4, 0.5) is 22.0 Å². The predicted octanol–water partition coefficient (Wildman–Crippen LogP) is 2.32. The van der Waals surface area contributed by atoms with Crippen LogP contribution in [0.1, 0.15) is 38.1 Å². The molecule has 170 valence electrons. The van der Waals surface area contributed by atoms with Gasteiger partial charge in [-0.1, -0.05) is 12.1 Å². The molecule has 0 unspecified atom stereocenters. The molecule has 3 aromatic rings. The van der Waals surface area contributed by atoms with Crippen molar-refractivity contribution in [3.8, 4) is 0 Å². The Morgan fingerprint density at radius 3 is 2.72 bits per heavy atom. The highest BCUT2D eigenvalue weighted by Gasteiger charge is 2.29. The number of fused-ring (bicyclic) bond motifs is 1. The number of aliphatic hydroxyl groups is 2. The Balaban J connectivity index is 1.49. The van der Waals surface area contributed by atoms with Crippen LogP contribution in [-0.2, 0) is 0 Å². The van der Waals surface area contributed by atoms with Gasteiger partial charge in [-0.25, -0.2) is 14.4 Å². The number of halogens is 1. The van der Waals surface area contributed by atoms with Crippen molar-refractivity contribution in [3.63, 3.8) is 0 Å². The highest BCUT2D eigenvalue weighted by atomic mass is 19.1. The van der Waals surface area contributed by atoms with E-state index in [2.05, 4.69) is 25.9 Å². The molecule has 0 radical (unpaired) electrons. The molecule has 9 nitrogen and oxygen atoms in total. The van der Waals surface area contributed by atoms with E-state index in [-0.39, 0.29) is 36.7 Å². The van der Waals surface area contributed by atoms with E-state index in [4.69, 9.17) is 4.98 Å². The van der Waals surface area contributed by atoms with Gasteiger partial charge in [0.2, 0.25) is 11.9 Å². The minimum absolute atomic E-state index is 0.000925. The van der Waals surface area contributed by atoms with E-state index in [1.165, 1.54) is 6.07 Å². The lowest BCUT2D eigenvalue weighted by Crippen LogP contribution is -2.29. The monoisotopic (exact) mass is 441 g/mol. The van der Waals surface area contributed by atoms with Crippen LogP contribution < -0.4 is 16.0 Å². The number of nitrogens with zero attached hydrogens (tertiary/aromatic N) is 4. The van der Waals surface area contributed by atoms with Crippen LogP contribution in [-0.4, -0.2) is 61.1 Å². The van der Waals surface area contributed by atoms with E-state index in [1.54, 1.807) is 24.4 Å². The highest BCUT2D eigenvalue weighted by Crippen LogP contribution is 2.31. The summed E-state index contributed by atoms with van der Waals surface area (Å²) in [7, 11) is 0. The van der Waals surface area contributed by atoms with Gasteiger partial charge in [0, 0.05) is 18.6 Å². The average Bonchev–Trinajstić information content (AvgIpc) is 3.40. The fourth-order valence-corrected chi connectivity index (χ4v) is 4.61. The predicted molar refractivity (Wildman–Crippen MR) is 119 cm³/mol. The molecule has 1 aromatic carbocycles. The lowest BCUT2D eigenvalue weighted by atomic mass is 9.93. The molecule has 10 heteroatoms. The highest BCUT2D eigenvalue weighted by molar-refractivity contribution is 5.76. The normalized spacial score (nSPS) is 25.8. The van der Waals surface area contributed by atoms with Crippen LogP contribution in [0, 0.1) is 5.82 Å². The fraction of sp³-hybridized carbons (Fsp3) is 0.500. The summed E-state index contributed by atoms with van der Waals surface area (Å²) in [5, 5.41) is 29.1. The van der Waals surface area contributed by atoms with Crippen molar-refractivity contribution < 1.29 is 14.6 Å². The summed E-state index contributed by atoms with van der Waals surface area (Å²) in [6.07, 6.45) is 5.44. The zero-order valence-electron chi connectivity index (χ0n) is 17.7. The van der Waals surface area contributed by atoms with Gasteiger partial charge in [-0.15, -0.1) is 0 Å². The third kappa shape index (κ3) is 4.25. The number of benzene rings is 1. The Labute approximate surface area is 185 Å². The summed E-state index contributed by atoms with van der Waals surface area (Å²) < 4.78 is 16.3. The number of imidazole rings is 1. The van der Waals surface area contributed by atoms with Crippen molar-refractivity contribution in [2.24, 2.45) is 0 Å². The van der Waals surface area contributed by atoms with Crippen LogP contribution in [0.5, 0.6) is 0 Å². The molecule has 0 bridgehead atoms. The Bertz CT molecular complexity index is 1080. The first kappa shape index (κ1) is 21.0. The maximum atomic E-state index is 14.3. The molecule has 2 aliphatic rings. The van der Waals surface area contributed by atoms with E-state index in [0.29, 0.717) is 41.7 Å². The Morgan fingerprint density at radius 1 is 1.16 bits per heavy atom. The first-order valence-electron chi connectivity index (χ1n) is 11.2. The molecule has 32 heavy (non-hydrogen) atoms. The summed E-state index contributed by atoms with van der Waals surface area (Å²) in [5.74, 6) is 0.640. The van der Waals surface area contributed by atoms with Gasteiger partial charge in [0.15, 0.2) is 5.65 Å². The number of aromatic nitrogens is 4. The van der Waals surface area contributed by atoms with E-state index < -0.39 is 0 Å². The molecular formula is C22H28FN7O2. The third-order valence-electron chi connectivity index (χ3n) is 6.37. The number of rotatable bonds is 6. The molecular weight excluding hydrogens is 413 g/mol. The summed E-state index contributed by atoms with van der Waals surface area (Å²) >= 11 is 0. The fourth-order valence-electron chi connectivity index (χ4n) is 4.61. The Morgan fingerprint density at radius 2 is 1.97 bits per heavy atom. The second-order valence-electron chi connectivity index (χ2n) is 8.64. The van der Waals surface area contributed by atoms with Gasteiger partial charge in [0.05, 0.1) is 30.6 Å². The van der Waals surface area contributed by atoms with Gasteiger partial charge in [0.25, 0.3) is 0 Å². The zero-order chi connectivity index (χ0) is 22.1. The van der Waals surface area contributed by atoms with Crippen LogP contribution in [0.15, 0.2) is 30.5 Å². The average molecular weight is 442 g/mol.